The van der Waals surface area contributed by atoms with Crippen molar-refractivity contribution in [1.82, 2.24) is 9.80 Å². The monoisotopic (exact) mass is 268 g/mol. The van der Waals surface area contributed by atoms with Crippen LogP contribution in [0.1, 0.15) is 46.0 Å². The Labute approximate surface area is 119 Å². The summed E-state index contributed by atoms with van der Waals surface area (Å²) >= 11 is 0. The van der Waals surface area contributed by atoms with Gasteiger partial charge in [-0.1, -0.05) is 13.8 Å². The second-order valence-corrected chi connectivity index (χ2v) is 6.64. The van der Waals surface area contributed by atoms with Crippen LogP contribution < -0.4 is 0 Å². The third kappa shape index (κ3) is 5.41. The Kier molecular flexibility index (Phi) is 6.62. The van der Waals surface area contributed by atoms with Crippen molar-refractivity contribution in [2.45, 2.75) is 52.0 Å². The topological polar surface area (TPSA) is 15.7 Å². The van der Waals surface area contributed by atoms with Crippen molar-refractivity contribution in [1.29, 1.82) is 0 Å². The summed E-state index contributed by atoms with van der Waals surface area (Å²) in [5.74, 6) is 0.656. The maximum Gasteiger partial charge on any atom is 0.0593 e. The van der Waals surface area contributed by atoms with Crippen molar-refractivity contribution in [2.24, 2.45) is 5.92 Å². The van der Waals surface area contributed by atoms with Crippen LogP contribution in [-0.2, 0) is 4.74 Å². The van der Waals surface area contributed by atoms with E-state index in [2.05, 4.69) is 23.6 Å². The fourth-order valence-electron chi connectivity index (χ4n) is 3.35. The summed E-state index contributed by atoms with van der Waals surface area (Å²) < 4.78 is 5.71. The van der Waals surface area contributed by atoms with Gasteiger partial charge in [0.2, 0.25) is 0 Å². The van der Waals surface area contributed by atoms with Gasteiger partial charge in [-0.15, -0.1) is 0 Å². The van der Waals surface area contributed by atoms with Crippen molar-refractivity contribution in [3.63, 3.8) is 0 Å². The molecule has 2 aliphatic heterocycles. The van der Waals surface area contributed by atoms with E-state index in [4.69, 9.17) is 4.74 Å². The molecule has 2 fully saturated rings. The number of hydrogen-bond donors (Lipinski definition) is 0. The molecule has 0 spiro atoms. The number of nitrogens with zero attached hydrogens (tertiary/aromatic N) is 2. The van der Waals surface area contributed by atoms with E-state index in [1.807, 2.05) is 0 Å². The van der Waals surface area contributed by atoms with E-state index in [0.717, 1.165) is 25.8 Å². The third-order valence-corrected chi connectivity index (χ3v) is 4.45. The van der Waals surface area contributed by atoms with Gasteiger partial charge in [-0.05, 0) is 64.2 Å². The lowest BCUT2D eigenvalue weighted by Crippen LogP contribution is -2.34. The van der Waals surface area contributed by atoms with Gasteiger partial charge < -0.3 is 14.5 Å². The molecule has 3 heteroatoms. The van der Waals surface area contributed by atoms with E-state index in [9.17, 15) is 0 Å². The number of ether oxygens (including phenoxy) is 1. The lowest BCUT2D eigenvalue weighted by atomic mass is 10.1. The molecule has 2 saturated heterocycles. The fourth-order valence-corrected chi connectivity index (χ4v) is 3.35. The van der Waals surface area contributed by atoms with Crippen LogP contribution in [0.15, 0.2) is 0 Å². The molecule has 112 valence electrons. The second-order valence-electron chi connectivity index (χ2n) is 6.64. The average molecular weight is 268 g/mol. The van der Waals surface area contributed by atoms with Crippen LogP contribution in [0.5, 0.6) is 0 Å². The third-order valence-electron chi connectivity index (χ3n) is 4.45. The largest absolute Gasteiger partial charge is 0.380 e. The summed E-state index contributed by atoms with van der Waals surface area (Å²) in [5, 5.41) is 0. The summed E-state index contributed by atoms with van der Waals surface area (Å²) in [5.41, 5.74) is 0. The lowest BCUT2D eigenvalue weighted by Gasteiger charge is -2.26. The highest BCUT2D eigenvalue weighted by Gasteiger charge is 2.24. The summed E-state index contributed by atoms with van der Waals surface area (Å²) in [6.07, 6.45) is 6.98. The molecule has 2 aliphatic rings. The summed E-state index contributed by atoms with van der Waals surface area (Å²) in [6, 6.07) is 0.865. The van der Waals surface area contributed by atoms with Crippen LogP contribution >= 0.6 is 0 Å². The summed E-state index contributed by atoms with van der Waals surface area (Å²) in [6.45, 7) is 12.6. The van der Waals surface area contributed by atoms with Gasteiger partial charge in [-0.25, -0.2) is 0 Å². The highest BCUT2D eigenvalue weighted by molar-refractivity contribution is 4.80. The van der Waals surface area contributed by atoms with E-state index in [1.165, 1.54) is 58.3 Å². The van der Waals surface area contributed by atoms with E-state index >= 15 is 0 Å². The van der Waals surface area contributed by atoms with Gasteiger partial charge in [0, 0.05) is 19.2 Å². The van der Waals surface area contributed by atoms with Gasteiger partial charge in [-0.3, -0.25) is 0 Å². The molecule has 3 nitrogen and oxygen atoms in total. The Morgan fingerprint density at radius 1 is 1.00 bits per heavy atom. The first-order chi connectivity index (χ1) is 9.25. The maximum atomic E-state index is 5.71. The molecule has 2 rings (SSSR count). The van der Waals surface area contributed by atoms with E-state index in [-0.39, 0.29) is 0 Å². The van der Waals surface area contributed by atoms with Crippen LogP contribution in [-0.4, -0.2) is 61.8 Å². The predicted molar refractivity (Wildman–Crippen MR) is 80.5 cm³/mol. The van der Waals surface area contributed by atoms with Crippen LogP contribution in [0.4, 0.5) is 0 Å². The van der Waals surface area contributed by atoms with Crippen molar-refractivity contribution in [3.8, 4) is 0 Å². The second kappa shape index (κ2) is 8.23. The number of rotatable bonds is 6. The minimum Gasteiger partial charge on any atom is -0.380 e. The van der Waals surface area contributed by atoms with E-state index in [0.29, 0.717) is 5.92 Å². The Balaban J connectivity index is 1.62. The van der Waals surface area contributed by atoms with Gasteiger partial charge in [0.1, 0.15) is 0 Å². The predicted octanol–water partition coefficient (Wildman–Crippen LogP) is 2.61. The van der Waals surface area contributed by atoms with Crippen LogP contribution in [0.25, 0.3) is 0 Å². The first-order valence-corrected chi connectivity index (χ1v) is 8.30. The zero-order valence-electron chi connectivity index (χ0n) is 12.9. The van der Waals surface area contributed by atoms with Gasteiger partial charge >= 0.3 is 0 Å². The molecular weight excluding hydrogens is 236 g/mol. The molecule has 0 aromatic rings. The zero-order valence-corrected chi connectivity index (χ0v) is 12.9. The van der Waals surface area contributed by atoms with Crippen molar-refractivity contribution in [2.75, 3.05) is 45.9 Å². The molecular formula is C16H32N2O. The van der Waals surface area contributed by atoms with Gasteiger partial charge in [0.05, 0.1) is 6.61 Å². The molecule has 0 aromatic carbocycles. The SMILES string of the molecule is CC(C)COCCN1CCCC(N2CCCC2)CC1. The van der Waals surface area contributed by atoms with Crippen LogP contribution in [0.2, 0.25) is 0 Å². The smallest absolute Gasteiger partial charge is 0.0593 e. The molecule has 19 heavy (non-hydrogen) atoms. The highest BCUT2D eigenvalue weighted by Crippen LogP contribution is 2.21. The Bertz CT molecular complexity index is 239. The molecule has 0 amide bonds. The molecule has 1 unspecified atom stereocenters. The molecule has 0 saturated carbocycles. The van der Waals surface area contributed by atoms with E-state index < -0.39 is 0 Å². The molecule has 0 aromatic heterocycles. The fraction of sp³-hybridized carbons (Fsp3) is 1.00. The standard InChI is InChI=1S/C16H32N2O/c1-15(2)14-19-13-12-17-8-5-6-16(7-11-17)18-9-3-4-10-18/h15-16H,3-14H2,1-2H3. The lowest BCUT2D eigenvalue weighted by molar-refractivity contribution is 0.0856. The van der Waals surface area contributed by atoms with Crippen LogP contribution in [0, 0.1) is 5.92 Å². The first kappa shape index (κ1) is 15.3. The van der Waals surface area contributed by atoms with Gasteiger partial charge in [0.15, 0.2) is 0 Å². The Morgan fingerprint density at radius 2 is 1.79 bits per heavy atom. The van der Waals surface area contributed by atoms with Gasteiger partial charge in [-0.2, -0.15) is 0 Å². The Morgan fingerprint density at radius 3 is 2.53 bits per heavy atom. The van der Waals surface area contributed by atoms with Crippen molar-refractivity contribution < 1.29 is 4.74 Å². The normalized spacial score (nSPS) is 27.0. The quantitative estimate of drug-likeness (QED) is 0.689. The molecule has 0 N–H and O–H groups in total. The summed E-state index contributed by atoms with van der Waals surface area (Å²) in [4.78, 5) is 5.34. The average Bonchev–Trinajstić information content (AvgIpc) is 2.81. The molecule has 0 aliphatic carbocycles. The van der Waals surface area contributed by atoms with Gasteiger partial charge in [0.25, 0.3) is 0 Å². The van der Waals surface area contributed by atoms with Crippen LogP contribution in [0.3, 0.4) is 0 Å². The molecule has 1 atom stereocenters. The number of hydrogen-bond acceptors (Lipinski definition) is 3. The summed E-state index contributed by atoms with van der Waals surface area (Å²) in [7, 11) is 0. The molecule has 0 radical (unpaired) electrons. The van der Waals surface area contributed by atoms with Crippen molar-refractivity contribution in [3.05, 3.63) is 0 Å². The first-order valence-electron chi connectivity index (χ1n) is 8.30. The molecule has 2 heterocycles. The highest BCUT2D eigenvalue weighted by atomic mass is 16.5. The molecule has 0 bridgehead atoms. The maximum absolute atomic E-state index is 5.71. The van der Waals surface area contributed by atoms with E-state index in [1.54, 1.807) is 0 Å². The minimum absolute atomic E-state index is 0.656. The zero-order chi connectivity index (χ0) is 13.5. The Hall–Kier alpha value is -0.120. The minimum atomic E-state index is 0.656. The van der Waals surface area contributed by atoms with Crippen molar-refractivity contribution >= 4 is 0 Å². The number of likely N-dealkylation sites (tertiary alicyclic amines) is 2.